The van der Waals surface area contributed by atoms with Crippen LogP contribution in [0.1, 0.15) is 45.1 Å². The van der Waals surface area contributed by atoms with Gasteiger partial charge in [-0.15, -0.1) is 0 Å². The van der Waals surface area contributed by atoms with Crippen LogP contribution in [0.25, 0.3) is 0 Å². The van der Waals surface area contributed by atoms with E-state index in [0.29, 0.717) is 12.1 Å². The van der Waals surface area contributed by atoms with Crippen LogP contribution in [0, 0.1) is 0 Å². The molecule has 2 saturated heterocycles. The monoisotopic (exact) mass is 385 g/mol. The third kappa shape index (κ3) is 3.81. The smallest absolute Gasteiger partial charge is 0.252 e. The van der Waals surface area contributed by atoms with Gasteiger partial charge >= 0.3 is 0 Å². The van der Waals surface area contributed by atoms with Gasteiger partial charge in [-0.3, -0.25) is 29.4 Å². The SMILES string of the molecule is CC(C)(CC=O)c1cccc(NC2CC(=O)N(C3CCC(=O)NC3=O)C2=O)c1. The van der Waals surface area contributed by atoms with Gasteiger partial charge in [-0.25, -0.2) is 0 Å². The summed E-state index contributed by atoms with van der Waals surface area (Å²) in [6, 6.07) is 5.66. The third-order valence-electron chi connectivity index (χ3n) is 5.28. The van der Waals surface area contributed by atoms with Gasteiger partial charge in [0.15, 0.2) is 0 Å². The molecular formula is C20H23N3O5. The maximum absolute atomic E-state index is 12.8. The normalized spacial score (nSPS) is 23.0. The Labute approximate surface area is 162 Å². The molecule has 0 radical (unpaired) electrons. The molecule has 148 valence electrons. The molecular weight excluding hydrogens is 362 g/mol. The van der Waals surface area contributed by atoms with Crippen LogP contribution >= 0.6 is 0 Å². The number of nitrogens with zero attached hydrogens (tertiary/aromatic N) is 1. The van der Waals surface area contributed by atoms with Gasteiger partial charge in [-0.05, 0) is 29.5 Å². The second-order valence-corrected chi connectivity index (χ2v) is 7.81. The largest absolute Gasteiger partial charge is 0.373 e. The molecule has 2 unspecified atom stereocenters. The van der Waals surface area contributed by atoms with Crippen molar-refractivity contribution >= 4 is 35.6 Å². The van der Waals surface area contributed by atoms with Crippen molar-refractivity contribution in [1.29, 1.82) is 0 Å². The van der Waals surface area contributed by atoms with Gasteiger partial charge in [-0.2, -0.15) is 0 Å². The summed E-state index contributed by atoms with van der Waals surface area (Å²) < 4.78 is 0. The molecule has 0 aliphatic carbocycles. The van der Waals surface area contributed by atoms with Crippen molar-refractivity contribution in [3.63, 3.8) is 0 Å². The summed E-state index contributed by atoms with van der Waals surface area (Å²) in [6.07, 6.45) is 1.42. The number of benzene rings is 1. The molecule has 0 aromatic heterocycles. The fourth-order valence-electron chi connectivity index (χ4n) is 3.58. The van der Waals surface area contributed by atoms with Gasteiger partial charge in [-0.1, -0.05) is 26.0 Å². The van der Waals surface area contributed by atoms with Gasteiger partial charge in [0.1, 0.15) is 18.4 Å². The van der Waals surface area contributed by atoms with E-state index in [1.807, 2.05) is 32.0 Å². The number of carbonyl (C=O) groups is 5. The Hall–Kier alpha value is -3.03. The summed E-state index contributed by atoms with van der Waals surface area (Å²) in [4.78, 5) is 60.4. The van der Waals surface area contributed by atoms with E-state index in [2.05, 4.69) is 10.6 Å². The summed E-state index contributed by atoms with van der Waals surface area (Å²) in [5, 5.41) is 5.24. The van der Waals surface area contributed by atoms with Crippen molar-refractivity contribution in [2.45, 2.75) is 57.0 Å². The van der Waals surface area contributed by atoms with E-state index >= 15 is 0 Å². The number of likely N-dealkylation sites (tertiary alicyclic amines) is 1. The van der Waals surface area contributed by atoms with Gasteiger partial charge in [0.25, 0.3) is 5.91 Å². The van der Waals surface area contributed by atoms with E-state index in [1.54, 1.807) is 6.07 Å². The Morgan fingerprint density at radius 3 is 2.68 bits per heavy atom. The number of aldehydes is 1. The highest BCUT2D eigenvalue weighted by molar-refractivity contribution is 6.11. The number of rotatable bonds is 6. The number of anilines is 1. The van der Waals surface area contributed by atoms with Crippen LogP contribution in [0.15, 0.2) is 24.3 Å². The minimum Gasteiger partial charge on any atom is -0.373 e. The zero-order chi connectivity index (χ0) is 20.5. The van der Waals surface area contributed by atoms with Crippen molar-refractivity contribution in [1.82, 2.24) is 10.2 Å². The summed E-state index contributed by atoms with van der Waals surface area (Å²) in [6.45, 7) is 3.91. The number of imide groups is 2. The van der Waals surface area contributed by atoms with Crippen molar-refractivity contribution in [2.24, 2.45) is 0 Å². The molecule has 3 rings (SSSR count). The minimum atomic E-state index is -0.942. The molecule has 2 atom stereocenters. The van der Waals surface area contributed by atoms with E-state index in [4.69, 9.17) is 0 Å². The Bertz CT molecular complexity index is 848. The zero-order valence-corrected chi connectivity index (χ0v) is 15.9. The molecule has 2 heterocycles. The van der Waals surface area contributed by atoms with Gasteiger partial charge in [0.05, 0.1) is 6.42 Å². The van der Waals surface area contributed by atoms with Crippen molar-refractivity contribution in [2.75, 3.05) is 5.32 Å². The topological polar surface area (TPSA) is 113 Å². The van der Waals surface area contributed by atoms with Crippen molar-refractivity contribution in [3.8, 4) is 0 Å². The van der Waals surface area contributed by atoms with Crippen molar-refractivity contribution < 1.29 is 24.0 Å². The Balaban J connectivity index is 1.75. The number of hydrogen-bond donors (Lipinski definition) is 2. The van der Waals surface area contributed by atoms with Gasteiger partial charge in [0.2, 0.25) is 17.7 Å². The molecule has 2 aliphatic heterocycles. The van der Waals surface area contributed by atoms with Gasteiger partial charge < -0.3 is 10.1 Å². The highest BCUT2D eigenvalue weighted by Gasteiger charge is 2.46. The Kier molecular flexibility index (Phi) is 5.31. The fourth-order valence-corrected chi connectivity index (χ4v) is 3.58. The van der Waals surface area contributed by atoms with E-state index in [9.17, 15) is 24.0 Å². The lowest BCUT2D eigenvalue weighted by Crippen LogP contribution is -2.54. The first-order valence-corrected chi connectivity index (χ1v) is 9.23. The summed E-state index contributed by atoms with van der Waals surface area (Å²) >= 11 is 0. The molecule has 8 heteroatoms. The van der Waals surface area contributed by atoms with Crippen LogP contribution < -0.4 is 10.6 Å². The Morgan fingerprint density at radius 1 is 1.25 bits per heavy atom. The molecule has 8 nitrogen and oxygen atoms in total. The molecule has 2 fully saturated rings. The molecule has 0 bridgehead atoms. The molecule has 1 aromatic rings. The van der Waals surface area contributed by atoms with Gasteiger partial charge in [0, 0.05) is 18.5 Å². The highest BCUT2D eigenvalue weighted by Crippen LogP contribution is 2.29. The van der Waals surface area contributed by atoms with E-state index in [-0.39, 0.29) is 24.7 Å². The zero-order valence-electron chi connectivity index (χ0n) is 15.9. The molecule has 28 heavy (non-hydrogen) atoms. The lowest BCUT2D eigenvalue weighted by Gasteiger charge is -2.28. The highest BCUT2D eigenvalue weighted by atomic mass is 16.2. The predicted molar refractivity (Wildman–Crippen MR) is 100 cm³/mol. The summed E-state index contributed by atoms with van der Waals surface area (Å²) in [5.74, 6) is -1.92. The van der Waals surface area contributed by atoms with Crippen LogP contribution in [-0.2, 0) is 29.4 Å². The molecule has 1 aromatic carbocycles. The molecule has 2 aliphatic rings. The number of hydrogen-bond acceptors (Lipinski definition) is 6. The van der Waals surface area contributed by atoms with Crippen LogP contribution in [0.3, 0.4) is 0 Å². The average Bonchev–Trinajstić information content (AvgIpc) is 2.89. The second-order valence-electron chi connectivity index (χ2n) is 7.81. The Morgan fingerprint density at radius 2 is 2.00 bits per heavy atom. The summed E-state index contributed by atoms with van der Waals surface area (Å²) in [7, 11) is 0. The van der Waals surface area contributed by atoms with E-state index in [0.717, 1.165) is 16.7 Å². The maximum Gasteiger partial charge on any atom is 0.252 e. The van der Waals surface area contributed by atoms with Crippen molar-refractivity contribution in [3.05, 3.63) is 29.8 Å². The number of nitrogens with one attached hydrogen (secondary N) is 2. The van der Waals surface area contributed by atoms with Crippen LogP contribution in [0.2, 0.25) is 0 Å². The first-order chi connectivity index (χ1) is 13.2. The van der Waals surface area contributed by atoms with Crippen LogP contribution in [0.5, 0.6) is 0 Å². The third-order valence-corrected chi connectivity index (χ3v) is 5.28. The number of amides is 4. The standard InChI is InChI=1S/C20H23N3O5/c1-20(2,8-9-24)12-4-3-5-13(10-12)21-14-11-17(26)23(19(14)28)15-6-7-16(25)22-18(15)27/h3-5,9-10,14-15,21H,6-8,11H2,1-2H3,(H,22,25,27). The fraction of sp³-hybridized carbons (Fsp3) is 0.450. The molecule has 0 spiro atoms. The lowest BCUT2D eigenvalue weighted by molar-refractivity contribution is -0.150. The predicted octanol–water partition coefficient (Wildman–Crippen LogP) is 0.898. The first kappa shape index (κ1) is 19.7. The number of carbonyl (C=O) groups excluding carboxylic acids is 5. The summed E-state index contributed by atoms with van der Waals surface area (Å²) in [5.41, 5.74) is 1.24. The van der Waals surface area contributed by atoms with Crippen LogP contribution in [-0.4, -0.2) is 46.9 Å². The first-order valence-electron chi connectivity index (χ1n) is 9.23. The number of piperidine rings is 1. The second kappa shape index (κ2) is 7.53. The molecule has 0 saturated carbocycles. The van der Waals surface area contributed by atoms with E-state index < -0.39 is 35.7 Å². The lowest BCUT2D eigenvalue weighted by atomic mass is 9.82. The van der Waals surface area contributed by atoms with Crippen LogP contribution in [0.4, 0.5) is 5.69 Å². The minimum absolute atomic E-state index is 0.0570. The average molecular weight is 385 g/mol. The molecule has 2 N–H and O–H groups in total. The molecule has 4 amide bonds. The maximum atomic E-state index is 12.8. The quantitative estimate of drug-likeness (QED) is 0.556. The van der Waals surface area contributed by atoms with E-state index in [1.165, 1.54) is 0 Å².